The zero-order valence-electron chi connectivity index (χ0n) is 11.5. The number of nitrogens with zero attached hydrogens (tertiary/aromatic N) is 1. The molecule has 0 aliphatic rings. The van der Waals surface area contributed by atoms with Crippen LogP contribution >= 0.6 is 24.8 Å². The fourth-order valence-corrected chi connectivity index (χ4v) is 1.62. The van der Waals surface area contributed by atoms with E-state index in [-0.39, 0.29) is 42.7 Å². The second kappa shape index (κ2) is 7.47. The molecule has 0 radical (unpaired) electrons. The van der Waals surface area contributed by atoms with Gasteiger partial charge in [-0.1, -0.05) is 6.92 Å². The summed E-state index contributed by atoms with van der Waals surface area (Å²) in [6.45, 7) is 5.41. The van der Waals surface area contributed by atoms with Gasteiger partial charge < -0.3 is 15.5 Å². The van der Waals surface area contributed by atoms with Crippen molar-refractivity contribution in [2.24, 2.45) is 11.7 Å². The lowest BCUT2D eigenvalue weighted by Gasteiger charge is -2.15. The Morgan fingerprint density at radius 1 is 1.35 bits per heavy atom. The number of oxazole rings is 1. The van der Waals surface area contributed by atoms with Gasteiger partial charge in [-0.3, -0.25) is 4.79 Å². The number of aryl methyl sites for hydroxylation is 1. The molecule has 0 aliphatic carbocycles. The van der Waals surface area contributed by atoms with E-state index in [1.54, 1.807) is 32.0 Å². The first-order chi connectivity index (χ1) is 8.47. The minimum atomic E-state index is -0.236. The van der Waals surface area contributed by atoms with Gasteiger partial charge >= 0.3 is 0 Å². The molecule has 0 saturated carbocycles. The van der Waals surface area contributed by atoms with Crippen molar-refractivity contribution < 1.29 is 9.21 Å². The molecule has 1 amide bonds. The van der Waals surface area contributed by atoms with Gasteiger partial charge in [0.1, 0.15) is 5.52 Å². The van der Waals surface area contributed by atoms with Crippen LogP contribution in [0, 0.1) is 12.8 Å². The summed E-state index contributed by atoms with van der Waals surface area (Å²) in [6, 6.07) is 5.20. The standard InChI is InChI=1S/C13H17N3O2.2ClH/c1-7(8(2)14)13(17)16-10-4-5-12-11(6-10)15-9(3)18-12;;/h4-8H,14H2,1-3H3,(H,16,17);2*1H. The van der Waals surface area contributed by atoms with Crippen LogP contribution in [0.2, 0.25) is 0 Å². The Morgan fingerprint density at radius 2 is 2.00 bits per heavy atom. The monoisotopic (exact) mass is 319 g/mol. The van der Waals surface area contributed by atoms with E-state index >= 15 is 0 Å². The Kier molecular flexibility index (Phi) is 6.99. The number of nitrogens with one attached hydrogen (secondary N) is 1. The van der Waals surface area contributed by atoms with Crippen LogP contribution < -0.4 is 11.1 Å². The maximum Gasteiger partial charge on any atom is 0.228 e. The van der Waals surface area contributed by atoms with E-state index in [4.69, 9.17) is 10.2 Å². The maximum absolute atomic E-state index is 11.9. The number of rotatable bonds is 3. The average molecular weight is 320 g/mol. The molecule has 1 aromatic heterocycles. The number of carbonyl (C=O) groups excluding carboxylic acids is 1. The van der Waals surface area contributed by atoms with Crippen molar-refractivity contribution in [2.75, 3.05) is 5.32 Å². The van der Waals surface area contributed by atoms with Gasteiger partial charge in [0.15, 0.2) is 11.5 Å². The summed E-state index contributed by atoms with van der Waals surface area (Å²) in [5, 5.41) is 2.82. The third kappa shape index (κ3) is 4.10. The molecule has 3 N–H and O–H groups in total. The Balaban J connectivity index is 0.00000180. The van der Waals surface area contributed by atoms with Crippen LogP contribution in [-0.4, -0.2) is 16.9 Å². The fraction of sp³-hybridized carbons (Fsp3) is 0.385. The molecule has 0 aliphatic heterocycles. The molecular formula is C13H19Cl2N3O2. The Hall–Kier alpha value is -1.30. The van der Waals surface area contributed by atoms with Gasteiger partial charge in [0.2, 0.25) is 5.91 Å². The van der Waals surface area contributed by atoms with E-state index in [2.05, 4.69) is 10.3 Å². The third-order valence-electron chi connectivity index (χ3n) is 2.96. The topological polar surface area (TPSA) is 81.2 Å². The molecule has 0 bridgehead atoms. The van der Waals surface area contributed by atoms with Crippen molar-refractivity contribution in [2.45, 2.75) is 26.8 Å². The van der Waals surface area contributed by atoms with Crippen LogP contribution in [-0.2, 0) is 4.79 Å². The van der Waals surface area contributed by atoms with Crippen LogP contribution in [0.25, 0.3) is 11.1 Å². The summed E-state index contributed by atoms with van der Waals surface area (Å²) in [6.07, 6.45) is 0. The molecule has 5 nitrogen and oxygen atoms in total. The molecule has 0 fully saturated rings. The van der Waals surface area contributed by atoms with Crippen molar-refractivity contribution in [1.82, 2.24) is 4.98 Å². The number of hydrogen-bond acceptors (Lipinski definition) is 4. The van der Waals surface area contributed by atoms with E-state index in [0.717, 1.165) is 5.52 Å². The molecule has 0 saturated heterocycles. The highest BCUT2D eigenvalue weighted by molar-refractivity contribution is 5.94. The highest BCUT2D eigenvalue weighted by Crippen LogP contribution is 2.20. The molecule has 2 aromatic rings. The first kappa shape index (κ1) is 18.7. The number of amides is 1. The van der Waals surface area contributed by atoms with E-state index < -0.39 is 0 Å². The van der Waals surface area contributed by atoms with Gasteiger partial charge in [-0.2, -0.15) is 0 Å². The summed E-state index contributed by atoms with van der Waals surface area (Å²) in [4.78, 5) is 16.1. The van der Waals surface area contributed by atoms with E-state index in [9.17, 15) is 4.79 Å². The molecular weight excluding hydrogens is 301 g/mol. The molecule has 2 rings (SSSR count). The summed E-state index contributed by atoms with van der Waals surface area (Å²) in [5.74, 6) is 0.279. The van der Waals surface area contributed by atoms with Crippen molar-refractivity contribution in [1.29, 1.82) is 0 Å². The predicted molar refractivity (Wildman–Crippen MR) is 84.7 cm³/mol. The number of aromatic nitrogens is 1. The maximum atomic E-state index is 11.9. The largest absolute Gasteiger partial charge is 0.441 e. The lowest BCUT2D eigenvalue weighted by molar-refractivity contribution is -0.119. The van der Waals surface area contributed by atoms with Gasteiger partial charge in [-0.15, -0.1) is 24.8 Å². The average Bonchev–Trinajstić information content (AvgIpc) is 2.67. The Morgan fingerprint density at radius 3 is 2.60 bits per heavy atom. The van der Waals surface area contributed by atoms with E-state index in [1.807, 2.05) is 6.92 Å². The van der Waals surface area contributed by atoms with Crippen LogP contribution in [0.1, 0.15) is 19.7 Å². The van der Waals surface area contributed by atoms with E-state index in [0.29, 0.717) is 17.2 Å². The predicted octanol–water partition coefficient (Wildman–Crippen LogP) is 2.90. The number of halogens is 2. The molecule has 1 heterocycles. The van der Waals surface area contributed by atoms with Crippen molar-refractivity contribution >= 4 is 47.5 Å². The van der Waals surface area contributed by atoms with Gasteiger partial charge in [-0.05, 0) is 25.1 Å². The Bertz CT molecular complexity index is 584. The molecule has 112 valence electrons. The van der Waals surface area contributed by atoms with Crippen LogP contribution in [0.5, 0.6) is 0 Å². The zero-order chi connectivity index (χ0) is 13.3. The third-order valence-corrected chi connectivity index (χ3v) is 2.96. The second-order valence-electron chi connectivity index (χ2n) is 4.55. The highest BCUT2D eigenvalue weighted by Gasteiger charge is 2.17. The summed E-state index contributed by atoms with van der Waals surface area (Å²) in [7, 11) is 0. The zero-order valence-corrected chi connectivity index (χ0v) is 13.2. The number of hydrogen-bond donors (Lipinski definition) is 2. The first-order valence-corrected chi connectivity index (χ1v) is 5.91. The number of carbonyl (C=O) groups is 1. The SMILES string of the molecule is Cc1nc2cc(NC(=O)C(C)C(C)N)ccc2o1.Cl.Cl. The van der Waals surface area contributed by atoms with Gasteiger partial charge in [-0.25, -0.2) is 4.98 Å². The van der Waals surface area contributed by atoms with Gasteiger partial charge in [0.05, 0.1) is 5.92 Å². The second-order valence-corrected chi connectivity index (χ2v) is 4.55. The molecule has 20 heavy (non-hydrogen) atoms. The number of fused-ring (bicyclic) bond motifs is 1. The summed E-state index contributed by atoms with van der Waals surface area (Å²) >= 11 is 0. The quantitative estimate of drug-likeness (QED) is 0.911. The van der Waals surface area contributed by atoms with Gasteiger partial charge in [0.25, 0.3) is 0 Å². The lowest BCUT2D eigenvalue weighted by Crippen LogP contribution is -2.34. The minimum absolute atomic E-state index is 0. The molecule has 0 spiro atoms. The fourth-order valence-electron chi connectivity index (χ4n) is 1.62. The number of benzene rings is 1. The van der Waals surface area contributed by atoms with Crippen LogP contribution in [0.3, 0.4) is 0 Å². The molecule has 1 aromatic carbocycles. The molecule has 2 atom stereocenters. The molecule has 2 unspecified atom stereocenters. The van der Waals surface area contributed by atoms with Crippen LogP contribution in [0.15, 0.2) is 22.6 Å². The van der Waals surface area contributed by atoms with Crippen molar-refractivity contribution in [3.05, 3.63) is 24.1 Å². The van der Waals surface area contributed by atoms with Crippen LogP contribution in [0.4, 0.5) is 5.69 Å². The van der Waals surface area contributed by atoms with Crippen molar-refractivity contribution in [3.8, 4) is 0 Å². The summed E-state index contributed by atoms with van der Waals surface area (Å²) in [5.41, 5.74) is 7.85. The Labute approximate surface area is 130 Å². The number of nitrogens with two attached hydrogens (primary N) is 1. The van der Waals surface area contributed by atoms with E-state index in [1.165, 1.54) is 0 Å². The lowest BCUT2D eigenvalue weighted by atomic mass is 10.0. The summed E-state index contributed by atoms with van der Waals surface area (Å²) < 4.78 is 5.37. The first-order valence-electron chi connectivity index (χ1n) is 5.91. The number of anilines is 1. The minimum Gasteiger partial charge on any atom is -0.441 e. The highest BCUT2D eigenvalue weighted by atomic mass is 35.5. The smallest absolute Gasteiger partial charge is 0.228 e. The molecule has 7 heteroatoms. The van der Waals surface area contributed by atoms with Gasteiger partial charge in [0, 0.05) is 18.7 Å². The normalized spacial score (nSPS) is 13.0. The van der Waals surface area contributed by atoms with Crippen molar-refractivity contribution in [3.63, 3.8) is 0 Å².